The Bertz CT molecular complexity index is 683. The van der Waals surface area contributed by atoms with Crippen LogP contribution in [0.4, 0.5) is 0 Å². The third-order valence-electron chi connectivity index (χ3n) is 4.09. The zero-order valence-corrected chi connectivity index (χ0v) is 13.4. The standard InChI is InChI=1S/C16H20N4O2/c1-9-7-10(2)18-15(17-9)13-5-6-20(8-13)16(21)14-11(3)19-22-12(14)4/h7,13H,5-6,8H2,1-4H3/t13-/m0/s1. The van der Waals surface area contributed by atoms with Gasteiger partial charge in [-0.05, 0) is 40.2 Å². The van der Waals surface area contributed by atoms with E-state index in [0.29, 0.717) is 30.1 Å². The minimum atomic E-state index is -0.0110. The van der Waals surface area contributed by atoms with Crippen LogP contribution in [0.2, 0.25) is 0 Å². The lowest BCUT2D eigenvalue weighted by Gasteiger charge is -2.16. The van der Waals surface area contributed by atoms with E-state index in [4.69, 9.17) is 4.52 Å². The number of rotatable bonds is 2. The maximum Gasteiger partial charge on any atom is 0.259 e. The molecule has 1 fully saturated rings. The van der Waals surface area contributed by atoms with E-state index in [1.165, 1.54) is 0 Å². The van der Waals surface area contributed by atoms with Crippen LogP contribution in [0.3, 0.4) is 0 Å². The molecule has 3 heterocycles. The van der Waals surface area contributed by atoms with Gasteiger partial charge in [-0.2, -0.15) is 0 Å². The van der Waals surface area contributed by atoms with Crippen molar-refractivity contribution in [3.05, 3.63) is 40.3 Å². The highest BCUT2D eigenvalue weighted by Gasteiger charge is 2.32. The highest BCUT2D eigenvalue weighted by Crippen LogP contribution is 2.27. The highest BCUT2D eigenvalue weighted by atomic mass is 16.5. The van der Waals surface area contributed by atoms with Crippen molar-refractivity contribution in [1.82, 2.24) is 20.0 Å². The third kappa shape index (κ3) is 2.61. The van der Waals surface area contributed by atoms with E-state index in [0.717, 1.165) is 23.6 Å². The molecule has 6 nitrogen and oxygen atoms in total. The number of nitrogens with zero attached hydrogens (tertiary/aromatic N) is 4. The maximum absolute atomic E-state index is 12.6. The monoisotopic (exact) mass is 300 g/mol. The zero-order valence-electron chi connectivity index (χ0n) is 13.4. The first-order chi connectivity index (χ1) is 10.5. The summed E-state index contributed by atoms with van der Waals surface area (Å²) in [5.41, 5.74) is 3.17. The fraction of sp³-hybridized carbons (Fsp3) is 0.500. The molecule has 0 N–H and O–H groups in total. The van der Waals surface area contributed by atoms with E-state index in [-0.39, 0.29) is 11.8 Å². The zero-order chi connectivity index (χ0) is 15.9. The first kappa shape index (κ1) is 14.7. The normalized spacial score (nSPS) is 18.0. The Morgan fingerprint density at radius 1 is 1.23 bits per heavy atom. The molecule has 0 bridgehead atoms. The van der Waals surface area contributed by atoms with Crippen LogP contribution in [0.25, 0.3) is 0 Å². The molecule has 1 saturated heterocycles. The predicted octanol–water partition coefficient (Wildman–Crippen LogP) is 2.33. The molecule has 1 amide bonds. The average Bonchev–Trinajstić information content (AvgIpc) is 3.05. The van der Waals surface area contributed by atoms with Crippen molar-refractivity contribution in [2.75, 3.05) is 13.1 Å². The van der Waals surface area contributed by atoms with Crippen molar-refractivity contribution in [1.29, 1.82) is 0 Å². The van der Waals surface area contributed by atoms with Gasteiger partial charge in [-0.15, -0.1) is 0 Å². The number of aryl methyl sites for hydroxylation is 4. The van der Waals surface area contributed by atoms with Crippen molar-refractivity contribution in [3.63, 3.8) is 0 Å². The number of carbonyl (C=O) groups excluding carboxylic acids is 1. The summed E-state index contributed by atoms with van der Waals surface area (Å²) >= 11 is 0. The minimum Gasteiger partial charge on any atom is -0.361 e. The van der Waals surface area contributed by atoms with E-state index in [1.54, 1.807) is 13.8 Å². The molecule has 2 aromatic rings. The number of hydrogen-bond acceptors (Lipinski definition) is 5. The van der Waals surface area contributed by atoms with Crippen LogP contribution in [0.1, 0.15) is 51.4 Å². The Morgan fingerprint density at radius 3 is 2.50 bits per heavy atom. The Hall–Kier alpha value is -2.24. The SMILES string of the molecule is Cc1cc(C)nc([C@H]2CCN(C(=O)c3c(C)noc3C)C2)n1. The number of likely N-dealkylation sites (tertiary alicyclic amines) is 1. The van der Waals surface area contributed by atoms with E-state index in [9.17, 15) is 4.79 Å². The number of carbonyl (C=O) groups is 1. The van der Waals surface area contributed by atoms with Gasteiger partial charge in [-0.25, -0.2) is 9.97 Å². The van der Waals surface area contributed by atoms with Crippen molar-refractivity contribution in [2.45, 2.75) is 40.0 Å². The second kappa shape index (κ2) is 5.51. The average molecular weight is 300 g/mol. The van der Waals surface area contributed by atoms with Crippen LogP contribution >= 0.6 is 0 Å². The lowest BCUT2D eigenvalue weighted by Crippen LogP contribution is -2.29. The first-order valence-electron chi connectivity index (χ1n) is 7.50. The lowest BCUT2D eigenvalue weighted by atomic mass is 10.1. The topological polar surface area (TPSA) is 72.1 Å². The summed E-state index contributed by atoms with van der Waals surface area (Å²) < 4.78 is 5.10. The molecular weight excluding hydrogens is 280 g/mol. The van der Waals surface area contributed by atoms with Gasteiger partial charge in [0.05, 0.1) is 5.69 Å². The molecule has 0 unspecified atom stereocenters. The molecule has 0 aliphatic carbocycles. The number of amides is 1. The predicted molar refractivity (Wildman–Crippen MR) is 80.7 cm³/mol. The Morgan fingerprint density at radius 2 is 1.91 bits per heavy atom. The molecule has 0 saturated carbocycles. The molecule has 0 spiro atoms. The van der Waals surface area contributed by atoms with Gasteiger partial charge in [0.25, 0.3) is 5.91 Å². The largest absolute Gasteiger partial charge is 0.361 e. The molecule has 3 rings (SSSR count). The van der Waals surface area contributed by atoms with Gasteiger partial charge in [-0.1, -0.05) is 5.16 Å². The van der Waals surface area contributed by atoms with Gasteiger partial charge in [-0.3, -0.25) is 4.79 Å². The Kier molecular flexibility index (Phi) is 3.68. The van der Waals surface area contributed by atoms with Crippen molar-refractivity contribution in [2.24, 2.45) is 0 Å². The van der Waals surface area contributed by atoms with E-state index < -0.39 is 0 Å². The summed E-state index contributed by atoms with van der Waals surface area (Å²) in [6, 6.07) is 1.96. The maximum atomic E-state index is 12.6. The van der Waals surface area contributed by atoms with Crippen LogP contribution < -0.4 is 0 Å². The minimum absolute atomic E-state index is 0.0110. The van der Waals surface area contributed by atoms with Crippen molar-refractivity contribution >= 4 is 5.91 Å². The molecule has 116 valence electrons. The van der Waals surface area contributed by atoms with E-state index in [2.05, 4.69) is 15.1 Å². The Balaban J connectivity index is 1.79. The van der Waals surface area contributed by atoms with Crippen molar-refractivity contribution in [3.8, 4) is 0 Å². The fourth-order valence-electron chi connectivity index (χ4n) is 3.04. The van der Waals surface area contributed by atoms with Gasteiger partial charge in [0.1, 0.15) is 17.1 Å². The van der Waals surface area contributed by atoms with Gasteiger partial charge in [0.15, 0.2) is 0 Å². The molecule has 6 heteroatoms. The molecule has 22 heavy (non-hydrogen) atoms. The van der Waals surface area contributed by atoms with Crippen LogP contribution in [-0.4, -0.2) is 39.0 Å². The van der Waals surface area contributed by atoms with Crippen molar-refractivity contribution < 1.29 is 9.32 Å². The number of hydrogen-bond donors (Lipinski definition) is 0. The summed E-state index contributed by atoms with van der Waals surface area (Å²) in [7, 11) is 0. The summed E-state index contributed by atoms with van der Waals surface area (Å²) in [5.74, 6) is 1.60. The molecule has 0 radical (unpaired) electrons. The number of aromatic nitrogens is 3. The molecule has 1 aliphatic rings. The van der Waals surface area contributed by atoms with Gasteiger partial charge in [0, 0.05) is 30.4 Å². The molecular formula is C16H20N4O2. The van der Waals surface area contributed by atoms with Gasteiger partial charge >= 0.3 is 0 Å². The summed E-state index contributed by atoms with van der Waals surface area (Å²) in [4.78, 5) is 23.5. The summed E-state index contributed by atoms with van der Waals surface area (Å²) in [5, 5.41) is 3.86. The summed E-state index contributed by atoms with van der Waals surface area (Å²) in [6.45, 7) is 8.87. The van der Waals surface area contributed by atoms with Gasteiger partial charge in [0.2, 0.25) is 0 Å². The van der Waals surface area contributed by atoms with Gasteiger partial charge < -0.3 is 9.42 Å². The third-order valence-corrected chi connectivity index (χ3v) is 4.09. The van der Waals surface area contributed by atoms with Crippen LogP contribution in [0.5, 0.6) is 0 Å². The quantitative estimate of drug-likeness (QED) is 0.851. The smallest absolute Gasteiger partial charge is 0.259 e. The summed E-state index contributed by atoms with van der Waals surface area (Å²) in [6.07, 6.45) is 0.887. The highest BCUT2D eigenvalue weighted by molar-refractivity contribution is 5.96. The Labute approximate surface area is 129 Å². The second-order valence-electron chi connectivity index (χ2n) is 5.94. The van der Waals surface area contributed by atoms with Crippen LogP contribution in [0.15, 0.2) is 10.6 Å². The van der Waals surface area contributed by atoms with E-state index >= 15 is 0 Å². The first-order valence-corrected chi connectivity index (χ1v) is 7.50. The second-order valence-corrected chi connectivity index (χ2v) is 5.94. The molecule has 1 atom stereocenters. The van der Waals surface area contributed by atoms with Crippen LogP contribution in [0, 0.1) is 27.7 Å². The van der Waals surface area contributed by atoms with Crippen LogP contribution in [-0.2, 0) is 0 Å². The molecule has 2 aromatic heterocycles. The van der Waals surface area contributed by atoms with E-state index in [1.807, 2.05) is 24.8 Å². The molecule has 1 aliphatic heterocycles. The lowest BCUT2D eigenvalue weighted by molar-refractivity contribution is 0.0788. The molecule has 0 aromatic carbocycles. The fourth-order valence-corrected chi connectivity index (χ4v) is 3.04.